The van der Waals surface area contributed by atoms with Crippen LogP contribution in [0.3, 0.4) is 0 Å². The van der Waals surface area contributed by atoms with Crippen LogP contribution in [0.5, 0.6) is 0 Å². The third kappa shape index (κ3) is 2.38. The Hall–Kier alpha value is -0.0400. The summed E-state index contributed by atoms with van der Waals surface area (Å²) in [4.78, 5) is 0. The average molecular weight is 292 g/mol. The van der Waals surface area contributed by atoms with Crippen molar-refractivity contribution in [1.82, 2.24) is 0 Å². The van der Waals surface area contributed by atoms with Crippen LogP contribution in [0.4, 0.5) is 0 Å². The number of nitrogens with two attached hydrogens (primary N) is 1. The molecule has 0 heterocycles. The van der Waals surface area contributed by atoms with Crippen LogP contribution in [0.2, 0.25) is 0 Å². The molecule has 0 bridgehead atoms. The molecule has 3 aliphatic carbocycles. The zero-order chi connectivity index (χ0) is 15.5. The van der Waals surface area contributed by atoms with Gasteiger partial charge in [0.1, 0.15) is 0 Å². The van der Waals surface area contributed by atoms with Gasteiger partial charge in [-0.25, -0.2) is 0 Å². The summed E-state index contributed by atoms with van der Waals surface area (Å²) >= 11 is 0. The quantitative estimate of drug-likeness (QED) is 0.689. The van der Waals surface area contributed by atoms with Gasteiger partial charge in [-0.05, 0) is 79.4 Å². The SMILES string of the molecule is CC(C)[C@H]1CCC2C3(C)CCCC(C)(C)[C@@H]3CC[C@]2(N)C1. The number of hydrogen-bond donors (Lipinski definition) is 1. The molecule has 0 radical (unpaired) electrons. The van der Waals surface area contributed by atoms with Crippen LogP contribution in [0.1, 0.15) is 86.0 Å². The van der Waals surface area contributed by atoms with Crippen molar-refractivity contribution in [1.29, 1.82) is 0 Å². The standard InChI is InChI=1S/C20H37N/c1-14(2)15-7-8-17-19(5)11-6-10-18(3,4)16(19)9-12-20(17,21)13-15/h14-17H,6-13,21H2,1-5H3/t15-,16-,17?,19?,20-/m0/s1. The van der Waals surface area contributed by atoms with Crippen molar-refractivity contribution >= 4 is 0 Å². The Morgan fingerprint density at radius 2 is 1.62 bits per heavy atom. The van der Waals surface area contributed by atoms with Crippen LogP contribution in [0.25, 0.3) is 0 Å². The molecule has 0 aromatic rings. The van der Waals surface area contributed by atoms with Crippen molar-refractivity contribution < 1.29 is 0 Å². The predicted octanol–water partition coefficient (Wildman–Crippen LogP) is 5.38. The van der Waals surface area contributed by atoms with E-state index in [4.69, 9.17) is 5.73 Å². The van der Waals surface area contributed by atoms with Crippen molar-refractivity contribution in [3.05, 3.63) is 0 Å². The Labute approximate surface area is 132 Å². The number of fused-ring (bicyclic) bond motifs is 3. The maximum Gasteiger partial charge on any atom is 0.0191 e. The largest absolute Gasteiger partial charge is 0.325 e. The molecule has 21 heavy (non-hydrogen) atoms. The molecule has 0 saturated heterocycles. The summed E-state index contributed by atoms with van der Waals surface area (Å²) in [5.41, 5.74) is 8.26. The monoisotopic (exact) mass is 291 g/mol. The van der Waals surface area contributed by atoms with E-state index in [-0.39, 0.29) is 5.54 Å². The highest BCUT2D eigenvalue weighted by atomic mass is 14.8. The molecule has 1 nitrogen and oxygen atoms in total. The van der Waals surface area contributed by atoms with Gasteiger partial charge in [0.2, 0.25) is 0 Å². The molecule has 0 aromatic carbocycles. The zero-order valence-electron chi connectivity index (χ0n) is 15.0. The van der Waals surface area contributed by atoms with E-state index in [1.807, 2.05) is 0 Å². The maximum atomic E-state index is 7.07. The van der Waals surface area contributed by atoms with Gasteiger partial charge in [-0.3, -0.25) is 0 Å². The van der Waals surface area contributed by atoms with Gasteiger partial charge in [0.15, 0.2) is 0 Å². The predicted molar refractivity (Wildman–Crippen MR) is 91.1 cm³/mol. The molecule has 1 heteroatoms. The van der Waals surface area contributed by atoms with Crippen LogP contribution >= 0.6 is 0 Å². The van der Waals surface area contributed by atoms with Gasteiger partial charge in [-0.1, -0.05) is 41.0 Å². The summed E-state index contributed by atoms with van der Waals surface area (Å²) in [7, 11) is 0. The molecule has 5 atom stereocenters. The maximum absolute atomic E-state index is 7.07. The van der Waals surface area contributed by atoms with Gasteiger partial charge < -0.3 is 5.73 Å². The van der Waals surface area contributed by atoms with E-state index >= 15 is 0 Å². The first kappa shape index (κ1) is 15.8. The van der Waals surface area contributed by atoms with E-state index in [9.17, 15) is 0 Å². The molecular formula is C20H37N. The molecule has 3 aliphatic rings. The highest BCUT2D eigenvalue weighted by Crippen LogP contribution is 2.64. The van der Waals surface area contributed by atoms with Gasteiger partial charge in [-0.2, -0.15) is 0 Å². The van der Waals surface area contributed by atoms with Gasteiger partial charge in [0.05, 0.1) is 0 Å². The second-order valence-electron chi connectivity index (χ2n) is 10.0. The third-order valence-corrected chi connectivity index (χ3v) is 8.08. The second-order valence-corrected chi connectivity index (χ2v) is 10.0. The van der Waals surface area contributed by atoms with Crippen LogP contribution in [0, 0.1) is 34.5 Å². The minimum absolute atomic E-state index is 0.145. The molecule has 2 unspecified atom stereocenters. The summed E-state index contributed by atoms with van der Waals surface area (Å²) in [5, 5.41) is 0. The summed E-state index contributed by atoms with van der Waals surface area (Å²) < 4.78 is 0. The molecule has 122 valence electrons. The number of rotatable bonds is 1. The fourth-order valence-electron chi connectivity index (χ4n) is 6.95. The van der Waals surface area contributed by atoms with Crippen molar-refractivity contribution in [3.8, 4) is 0 Å². The van der Waals surface area contributed by atoms with Crippen molar-refractivity contribution in [3.63, 3.8) is 0 Å². The first-order valence-corrected chi connectivity index (χ1v) is 9.48. The minimum Gasteiger partial charge on any atom is -0.325 e. The summed E-state index contributed by atoms with van der Waals surface area (Å²) in [6.45, 7) is 12.5. The minimum atomic E-state index is 0.145. The molecule has 3 fully saturated rings. The first-order valence-electron chi connectivity index (χ1n) is 9.48. The van der Waals surface area contributed by atoms with E-state index < -0.39 is 0 Å². The molecule has 0 spiro atoms. The molecule has 0 aliphatic heterocycles. The van der Waals surface area contributed by atoms with E-state index in [1.165, 1.54) is 51.4 Å². The summed E-state index contributed by atoms with van der Waals surface area (Å²) in [6, 6.07) is 0. The van der Waals surface area contributed by atoms with Crippen LogP contribution < -0.4 is 5.73 Å². The first-order chi connectivity index (χ1) is 9.69. The Kier molecular flexibility index (Phi) is 3.76. The van der Waals surface area contributed by atoms with E-state index in [1.54, 1.807) is 0 Å². The molecule has 3 saturated carbocycles. The average Bonchev–Trinajstić information content (AvgIpc) is 2.36. The fraction of sp³-hybridized carbons (Fsp3) is 1.00. The second kappa shape index (κ2) is 4.98. The van der Waals surface area contributed by atoms with Gasteiger partial charge >= 0.3 is 0 Å². The van der Waals surface area contributed by atoms with E-state index in [0.717, 1.165) is 23.7 Å². The highest BCUT2D eigenvalue weighted by Gasteiger charge is 2.59. The molecule has 0 aromatic heterocycles. The van der Waals surface area contributed by atoms with Gasteiger partial charge in [0.25, 0.3) is 0 Å². The molecule has 3 rings (SSSR count). The van der Waals surface area contributed by atoms with Gasteiger partial charge in [0, 0.05) is 5.54 Å². The van der Waals surface area contributed by atoms with Crippen LogP contribution in [-0.2, 0) is 0 Å². The highest BCUT2D eigenvalue weighted by molar-refractivity contribution is 5.12. The van der Waals surface area contributed by atoms with Crippen LogP contribution in [0.15, 0.2) is 0 Å². The van der Waals surface area contributed by atoms with Crippen molar-refractivity contribution in [2.75, 3.05) is 0 Å². The lowest BCUT2D eigenvalue weighted by atomic mass is 9.42. The summed E-state index contributed by atoms with van der Waals surface area (Å²) in [6.07, 6.45) is 11.0. The Morgan fingerprint density at radius 1 is 0.905 bits per heavy atom. The van der Waals surface area contributed by atoms with Crippen LogP contribution in [-0.4, -0.2) is 5.54 Å². The third-order valence-electron chi connectivity index (χ3n) is 8.08. The molecule has 2 N–H and O–H groups in total. The lowest BCUT2D eigenvalue weighted by molar-refractivity contribution is -0.126. The normalized spacial score (nSPS) is 49.6. The Balaban J connectivity index is 1.89. The van der Waals surface area contributed by atoms with E-state index in [0.29, 0.717) is 10.8 Å². The Bertz CT molecular complexity index is 399. The van der Waals surface area contributed by atoms with Gasteiger partial charge in [-0.15, -0.1) is 0 Å². The van der Waals surface area contributed by atoms with Crippen molar-refractivity contribution in [2.45, 2.75) is 91.5 Å². The lowest BCUT2D eigenvalue weighted by Gasteiger charge is -2.64. The zero-order valence-corrected chi connectivity index (χ0v) is 15.0. The molecular weight excluding hydrogens is 254 g/mol. The smallest absolute Gasteiger partial charge is 0.0191 e. The lowest BCUT2D eigenvalue weighted by Crippen LogP contribution is -2.64. The molecule has 0 amide bonds. The summed E-state index contributed by atoms with van der Waals surface area (Å²) in [5.74, 6) is 3.34. The Morgan fingerprint density at radius 3 is 2.29 bits per heavy atom. The van der Waals surface area contributed by atoms with E-state index in [2.05, 4.69) is 34.6 Å². The topological polar surface area (TPSA) is 26.0 Å². The fourth-order valence-corrected chi connectivity index (χ4v) is 6.95. The number of hydrogen-bond acceptors (Lipinski definition) is 1. The van der Waals surface area contributed by atoms with Crippen molar-refractivity contribution in [2.24, 2.45) is 40.2 Å².